The van der Waals surface area contributed by atoms with Crippen LogP contribution in [0.5, 0.6) is 5.75 Å². The van der Waals surface area contributed by atoms with Crippen LogP contribution < -0.4 is 10.1 Å². The maximum atomic E-state index is 12.8. The monoisotopic (exact) mass is 227 g/mol. The maximum Gasteiger partial charge on any atom is 0.258 e. The number of nitrogens with one attached hydrogen (secondary N) is 1. The molecular formula is C11H11F2NO2. The Labute approximate surface area is 91.4 Å². The van der Waals surface area contributed by atoms with Crippen LogP contribution >= 0.6 is 0 Å². The van der Waals surface area contributed by atoms with Crippen molar-refractivity contribution in [1.82, 2.24) is 5.32 Å². The minimum absolute atomic E-state index is 0.0171. The highest BCUT2D eigenvalue weighted by Crippen LogP contribution is 2.18. The summed E-state index contributed by atoms with van der Waals surface area (Å²) in [5.74, 6) is -1.70. The fraction of sp³-hybridized carbons (Fsp3) is 0.364. The molecule has 0 aliphatic heterocycles. The Morgan fingerprint density at radius 1 is 1.31 bits per heavy atom. The third kappa shape index (κ3) is 3.18. The van der Waals surface area contributed by atoms with Crippen molar-refractivity contribution in [3.05, 3.63) is 29.8 Å². The van der Waals surface area contributed by atoms with E-state index in [-0.39, 0.29) is 24.3 Å². The summed E-state index contributed by atoms with van der Waals surface area (Å²) in [6.07, 6.45) is 1.97. The number of ether oxygens (including phenoxy) is 1. The van der Waals surface area contributed by atoms with E-state index in [4.69, 9.17) is 4.74 Å². The molecule has 2 rings (SSSR count). The number of benzene rings is 1. The zero-order chi connectivity index (χ0) is 11.5. The zero-order valence-electron chi connectivity index (χ0n) is 8.50. The van der Waals surface area contributed by atoms with E-state index in [1.165, 1.54) is 0 Å². The molecule has 86 valence electrons. The summed E-state index contributed by atoms with van der Waals surface area (Å²) in [6, 6.07) is 3.07. The molecule has 0 spiro atoms. The number of hydrogen-bond acceptors (Lipinski definition) is 2. The van der Waals surface area contributed by atoms with Crippen LogP contribution in [-0.2, 0) is 4.79 Å². The number of carbonyl (C=O) groups is 1. The molecule has 0 bridgehead atoms. The first-order chi connectivity index (χ1) is 7.63. The van der Waals surface area contributed by atoms with Crippen LogP contribution in [0.25, 0.3) is 0 Å². The summed E-state index contributed by atoms with van der Waals surface area (Å²) >= 11 is 0. The molecule has 0 aromatic heterocycles. The molecule has 1 N–H and O–H groups in total. The second kappa shape index (κ2) is 4.47. The van der Waals surface area contributed by atoms with Gasteiger partial charge in [0.05, 0.1) is 0 Å². The van der Waals surface area contributed by atoms with Gasteiger partial charge in [-0.15, -0.1) is 0 Å². The quantitative estimate of drug-likeness (QED) is 0.848. The molecule has 0 saturated heterocycles. The molecule has 5 heteroatoms. The van der Waals surface area contributed by atoms with Crippen molar-refractivity contribution in [3.63, 3.8) is 0 Å². The fourth-order valence-corrected chi connectivity index (χ4v) is 1.26. The van der Waals surface area contributed by atoms with Crippen LogP contribution in [0.15, 0.2) is 18.2 Å². The summed E-state index contributed by atoms with van der Waals surface area (Å²) in [6.45, 7) is -0.223. The molecule has 0 heterocycles. The number of hydrogen-bond donors (Lipinski definition) is 1. The van der Waals surface area contributed by atoms with E-state index in [1.54, 1.807) is 0 Å². The van der Waals surface area contributed by atoms with E-state index in [1.807, 2.05) is 0 Å². The maximum absolute atomic E-state index is 12.8. The molecule has 1 aliphatic rings. The van der Waals surface area contributed by atoms with Gasteiger partial charge >= 0.3 is 0 Å². The van der Waals surface area contributed by atoms with Crippen LogP contribution in [0.2, 0.25) is 0 Å². The topological polar surface area (TPSA) is 38.3 Å². The van der Waals surface area contributed by atoms with Crippen LogP contribution in [0.4, 0.5) is 8.78 Å². The van der Waals surface area contributed by atoms with Crippen LogP contribution in [0.3, 0.4) is 0 Å². The smallest absolute Gasteiger partial charge is 0.258 e. The molecule has 1 aromatic carbocycles. The number of carbonyl (C=O) groups excluding carboxylic acids is 1. The predicted molar refractivity (Wildman–Crippen MR) is 53.0 cm³/mol. The SMILES string of the molecule is O=C(COc1cc(F)cc(F)c1)NC1CC1. The first-order valence-corrected chi connectivity index (χ1v) is 5.02. The second-order valence-electron chi connectivity index (χ2n) is 3.74. The van der Waals surface area contributed by atoms with Gasteiger partial charge in [0.25, 0.3) is 5.91 Å². The number of rotatable bonds is 4. The van der Waals surface area contributed by atoms with E-state index < -0.39 is 11.6 Å². The molecule has 0 unspecified atom stereocenters. The molecule has 1 aliphatic carbocycles. The van der Waals surface area contributed by atoms with Gasteiger partial charge in [0.2, 0.25) is 0 Å². The highest BCUT2D eigenvalue weighted by atomic mass is 19.1. The Hall–Kier alpha value is -1.65. The van der Waals surface area contributed by atoms with E-state index in [2.05, 4.69) is 5.32 Å². The number of amides is 1. The van der Waals surface area contributed by atoms with Crippen molar-refractivity contribution in [2.24, 2.45) is 0 Å². The molecule has 0 radical (unpaired) electrons. The Bertz CT molecular complexity index is 385. The third-order valence-electron chi connectivity index (χ3n) is 2.15. The van der Waals surface area contributed by atoms with Gasteiger partial charge in [-0.25, -0.2) is 8.78 Å². The van der Waals surface area contributed by atoms with Crippen LogP contribution in [0, 0.1) is 11.6 Å². The lowest BCUT2D eigenvalue weighted by atomic mass is 10.3. The van der Waals surface area contributed by atoms with Crippen molar-refractivity contribution in [2.45, 2.75) is 18.9 Å². The fourth-order valence-electron chi connectivity index (χ4n) is 1.26. The largest absolute Gasteiger partial charge is 0.484 e. The molecule has 3 nitrogen and oxygen atoms in total. The molecular weight excluding hydrogens is 216 g/mol. The van der Waals surface area contributed by atoms with Gasteiger partial charge in [-0.3, -0.25) is 4.79 Å². The van der Waals surface area contributed by atoms with Gasteiger partial charge in [-0.05, 0) is 12.8 Å². The van der Waals surface area contributed by atoms with Crippen molar-refractivity contribution >= 4 is 5.91 Å². The lowest BCUT2D eigenvalue weighted by Crippen LogP contribution is -2.30. The van der Waals surface area contributed by atoms with Crippen molar-refractivity contribution in [1.29, 1.82) is 0 Å². The first kappa shape index (κ1) is 10.9. The highest BCUT2D eigenvalue weighted by molar-refractivity contribution is 5.78. The zero-order valence-corrected chi connectivity index (χ0v) is 8.50. The van der Waals surface area contributed by atoms with Gasteiger partial charge < -0.3 is 10.1 Å². The summed E-state index contributed by atoms with van der Waals surface area (Å²) < 4.78 is 30.5. The Balaban J connectivity index is 1.85. The Morgan fingerprint density at radius 2 is 1.94 bits per heavy atom. The summed E-state index contributed by atoms with van der Waals surface area (Å²) in [4.78, 5) is 11.2. The minimum atomic E-state index is -0.724. The van der Waals surface area contributed by atoms with Gasteiger partial charge in [0.15, 0.2) is 6.61 Å². The summed E-state index contributed by atoms with van der Waals surface area (Å²) in [5.41, 5.74) is 0. The summed E-state index contributed by atoms with van der Waals surface area (Å²) in [7, 11) is 0. The standard InChI is InChI=1S/C11H11F2NO2/c12-7-3-8(13)5-10(4-7)16-6-11(15)14-9-1-2-9/h3-5,9H,1-2,6H2,(H,14,15). The molecule has 0 atom stereocenters. The minimum Gasteiger partial charge on any atom is -0.484 e. The molecule has 16 heavy (non-hydrogen) atoms. The normalized spacial score (nSPS) is 14.6. The van der Waals surface area contributed by atoms with Crippen molar-refractivity contribution in [3.8, 4) is 5.75 Å². The van der Waals surface area contributed by atoms with Crippen molar-refractivity contribution < 1.29 is 18.3 Å². The van der Waals surface area contributed by atoms with Gasteiger partial charge in [-0.1, -0.05) is 0 Å². The molecule has 1 amide bonds. The molecule has 1 aromatic rings. The highest BCUT2D eigenvalue weighted by Gasteiger charge is 2.23. The Morgan fingerprint density at radius 3 is 2.50 bits per heavy atom. The van der Waals surface area contributed by atoms with E-state index in [0.717, 1.165) is 31.0 Å². The first-order valence-electron chi connectivity index (χ1n) is 5.02. The lowest BCUT2D eigenvalue weighted by Gasteiger charge is -2.06. The number of halogens is 2. The lowest BCUT2D eigenvalue weighted by molar-refractivity contribution is -0.123. The van der Waals surface area contributed by atoms with E-state index in [0.29, 0.717) is 0 Å². The van der Waals surface area contributed by atoms with Gasteiger partial charge in [-0.2, -0.15) is 0 Å². The average molecular weight is 227 g/mol. The second-order valence-corrected chi connectivity index (χ2v) is 3.74. The van der Waals surface area contributed by atoms with Crippen molar-refractivity contribution in [2.75, 3.05) is 6.61 Å². The van der Waals surface area contributed by atoms with Gasteiger partial charge in [0.1, 0.15) is 17.4 Å². The van der Waals surface area contributed by atoms with Crippen LogP contribution in [0.1, 0.15) is 12.8 Å². The molecule has 1 saturated carbocycles. The third-order valence-corrected chi connectivity index (χ3v) is 2.15. The van der Waals surface area contributed by atoms with E-state index >= 15 is 0 Å². The van der Waals surface area contributed by atoms with Crippen LogP contribution in [-0.4, -0.2) is 18.6 Å². The predicted octanol–water partition coefficient (Wildman–Crippen LogP) is 1.62. The molecule has 1 fully saturated rings. The van der Waals surface area contributed by atoms with E-state index in [9.17, 15) is 13.6 Å². The Kier molecular flexibility index (Phi) is 3.03. The average Bonchev–Trinajstić information content (AvgIpc) is 2.97. The summed E-state index contributed by atoms with van der Waals surface area (Å²) in [5, 5.41) is 2.70. The van der Waals surface area contributed by atoms with Gasteiger partial charge in [0, 0.05) is 24.2 Å².